The first-order chi connectivity index (χ1) is 27.3. The first kappa shape index (κ1) is 30.1. The number of rotatable bonds is 4. The highest BCUT2D eigenvalue weighted by molar-refractivity contribution is 6.30. The molecule has 12 aromatic rings. The molecule has 0 unspecified atom stereocenters. The molecule has 0 N–H and O–H groups in total. The van der Waals surface area contributed by atoms with Crippen LogP contribution in [0.15, 0.2) is 194 Å². The minimum atomic E-state index is 0.905. The van der Waals surface area contributed by atoms with Gasteiger partial charge >= 0.3 is 0 Å². The third-order valence-corrected chi connectivity index (χ3v) is 11.4. The van der Waals surface area contributed by atoms with E-state index in [0.29, 0.717) is 0 Å². The molecule has 0 amide bonds. The summed E-state index contributed by atoms with van der Waals surface area (Å²) in [6.07, 6.45) is 1.88. The molecule has 0 aliphatic carbocycles. The van der Waals surface area contributed by atoms with E-state index >= 15 is 0 Å². The van der Waals surface area contributed by atoms with Crippen molar-refractivity contribution in [3.05, 3.63) is 194 Å². The molecule has 8 aromatic carbocycles. The van der Waals surface area contributed by atoms with Gasteiger partial charge in [0, 0.05) is 49.9 Å². The first-order valence-electron chi connectivity index (χ1n) is 18.8. The van der Waals surface area contributed by atoms with E-state index in [1.54, 1.807) is 0 Å². The van der Waals surface area contributed by atoms with Gasteiger partial charge in [0.05, 0.1) is 33.1 Å². The summed E-state index contributed by atoms with van der Waals surface area (Å²) in [6, 6.07) is 68.2. The lowest BCUT2D eigenvalue weighted by atomic mass is 9.99. The smallest absolute Gasteiger partial charge is 0.137 e. The normalized spacial score (nSPS) is 12.0. The average molecular weight is 701 g/mol. The third kappa shape index (κ3) is 4.37. The SMILES string of the molecule is c1ccc(-n2c3ccccc3c3cc(-c4ccc5c(c4)c4c6c7cc8ccccc8cc7n(-c7ccccc7)c6ccc4n5-c4ccccn4)ccc32)cc1. The standard InChI is InChI=1S/C51H32N4/c1-3-15-37(16-4-1)53-43-20-10-9-19-39(43)40-29-35(22-24-44(40)53)36-23-25-45-41(31-36)50-47(55(45)49-21-11-12-28-52-49)27-26-46-51(50)42-30-33-13-7-8-14-34(33)32-48(42)54(46)38-17-5-2-6-18-38/h1-32H. The van der Waals surface area contributed by atoms with E-state index in [4.69, 9.17) is 4.98 Å². The molecule has 0 radical (unpaired) electrons. The van der Waals surface area contributed by atoms with E-state index < -0.39 is 0 Å². The second kappa shape index (κ2) is 11.5. The Morgan fingerprint density at radius 2 is 0.818 bits per heavy atom. The van der Waals surface area contributed by atoms with Gasteiger partial charge in [-0.2, -0.15) is 0 Å². The van der Waals surface area contributed by atoms with E-state index in [0.717, 1.165) is 28.2 Å². The maximum Gasteiger partial charge on any atom is 0.137 e. The van der Waals surface area contributed by atoms with Crippen LogP contribution in [0.25, 0.3) is 105 Å². The minimum absolute atomic E-state index is 0.905. The molecule has 12 rings (SSSR count). The Morgan fingerprint density at radius 3 is 1.51 bits per heavy atom. The Balaban J connectivity index is 1.19. The van der Waals surface area contributed by atoms with Crippen LogP contribution < -0.4 is 0 Å². The molecule has 0 saturated carbocycles. The van der Waals surface area contributed by atoms with E-state index in [1.807, 2.05) is 12.3 Å². The number of hydrogen-bond donors (Lipinski definition) is 0. The van der Waals surface area contributed by atoms with Crippen molar-refractivity contribution < 1.29 is 0 Å². The molecular formula is C51H32N4. The number of aromatic nitrogens is 4. The third-order valence-electron chi connectivity index (χ3n) is 11.4. The highest BCUT2D eigenvalue weighted by atomic mass is 15.1. The van der Waals surface area contributed by atoms with Crippen LogP contribution in [-0.4, -0.2) is 18.7 Å². The topological polar surface area (TPSA) is 27.7 Å². The molecule has 4 heteroatoms. The Morgan fingerprint density at radius 1 is 0.309 bits per heavy atom. The summed E-state index contributed by atoms with van der Waals surface area (Å²) in [7, 11) is 0. The highest BCUT2D eigenvalue weighted by Crippen LogP contribution is 2.44. The summed E-state index contributed by atoms with van der Waals surface area (Å²) >= 11 is 0. The molecule has 4 nitrogen and oxygen atoms in total. The van der Waals surface area contributed by atoms with Gasteiger partial charge in [0.1, 0.15) is 5.82 Å². The summed E-state index contributed by atoms with van der Waals surface area (Å²) in [5.74, 6) is 0.905. The van der Waals surface area contributed by atoms with Gasteiger partial charge in [0.2, 0.25) is 0 Å². The van der Waals surface area contributed by atoms with Crippen molar-refractivity contribution in [2.45, 2.75) is 0 Å². The molecule has 4 heterocycles. The highest BCUT2D eigenvalue weighted by Gasteiger charge is 2.22. The number of nitrogens with zero attached hydrogens (tertiary/aromatic N) is 4. The summed E-state index contributed by atoms with van der Waals surface area (Å²) in [5.41, 5.74) is 11.7. The zero-order valence-corrected chi connectivity index (χ0v) is 29.8. The fraction of sp³-hybridized carbons (Fsp3) is 0. The number of para-hydroxylation sites is 3. The van der Waals surface area contributed by atoms with Gasteiger partial charge in [-0.25, -0.2) is 4.98 Å². The van der Waals surface area contributed by atoms with E-state index in [2.05, 4.69) is 196 Å². The second-order valence-corrected chi connectivity index (χ2v) is 14.4. The maximum atomic E-state index is 4.88. The molecule has 0 aliphatic heterocycles. The van der Waals surface area contributed by atoms with Gasteiger partial charge in [-0.15, -0.1) is 0 Å². The van der Waals surface area contributed by atoms with Crippen LogP contribution in [0, 0.1) is 0 Å². The molecule has 0 aliphatic rings. The lowest BCUT2D eigenvalue weighted by Gasteiger charge is -2.09. The zero-order valence-electron chi connectivity index (χ0n) is 29.8. The molecule has 0 saturated heterocycles. The van der Waals surface area contributed by atoms with E-state index in [1.165, 1.54) is 76.3 Å². The van der Waals surface area contributed by atoms with Crippen LogP contribution in [0.3, 0.4) is 0 Å². The quantitative estimate of drug-likeness (QED) is 0.180. The largest absolute Gasteiger partial charge is 0.309 e. The van der Waals surface area contributed by atoms with Crippen LogP contribution in [0.4, 0.5) is 0 Å². The van der Waals surface area contributed by atoms with Gasteiger partial charge < -0.3 is 9.13 Å². The van der Waals surface area contributed by atoms with E-state index in [-0.39, 0.29) is 0 Å². The van der Waals surface area contributed by atoms with Crippen LogP contribution in [0.1, 0.15) is 0 Å². The fourth-order valence-corrected chi connectivity index (χ4v) is 9.08. The summed E-state index contributed by atoms with van der Waals surface area (Å²) in [6.45, 7) is 0. The predicted octanol–water partition coefficient (Wildman–Crippen LogP) is 13.2. The molecular weight excluding hydrogens is 669 g/mol. The lowest BCUT2D eigenvalue weighted by molar-refractivity contribution is 1.08. The van der Waals surface area contributed by atoms with Gasteiger partial charge in [-0.05, 0) is 113 Å². The molecule has 0 fully saturated rings. The maximum absolute atomic E-state index is 4.88. The number of pyridine rings is 1. The Kier molecular flexibility index (Phi) is 6.31. The molecule has 256 valence electrons. The molecule has 0 atom stereocenters. The van der Waals surface area contributed by atoms with Crippen LogP contribution in [-0.2, 0) is 0 Å². The molecule has 0 bridgehead atoms. The Hall–Kier alpha value is -7.43. The van der Waals surface area contributed by atoms with Crippen LogP contribution in [0.2, 0.25) is 0 Å². The Bertz CT molecular complexity index is 3460. The van der Waals surface area contributed by atoms with Gasteiger partial charge in [-0.3, -0.25) is 4.57 Å². The number of hydrogen-bond acceptors (Lipinski definition) is 1. The monoisotopic (exact) mass is 700 g/mol. The number of benzene rings is 8. The summed E-state index contributed by atoms with van der Waals surface area (Å²) < 4.78 is 7.14. The van der Waals surface area contributed by atoms with Gasteiger partial charge in [0.15, 0.2) is 0 Å². The average Bonchev–Trinajstić information content (AvgIpc) is 3.88. The van der Waals surface area contributed by atoms with E-state index in [9.17, 15) is 0 Å². The van der Waals surface area contributed by atoms with Gasteiger partial charge in [0.25, 0.3) is 0 Å². The molecule has 55 heavy (non-hydrogen) atoms. The van der Waals surface area contributed by atoms with Crippen molar-refractivity contribution >= 4 is 76.2 Å². The Labute approximate surface area is 316 Å². The van der Waals surface area contributed by atoms with Crippen molar-refractivity contribution in [1.82, 2.24) is 18.7 Å². The van der Waals surface area contributed by atoms with Crippen LogP contribution in [0.5, 0.6) is 0 Å². The summed E-state index contributed by atoms with van der Waals surface area (Å²) in [4.78, 5) is 4.88. The molecule has 4 aromatic heterocycles. The lowest BCUT2D eigenvalue weighted by Crippen LogP contribution is -1.96. The van der Waals surface area contributed by atoms with Crippen molar-refractivity contribution in [2.24, 2.45) is 0 Å². The first-order valence-corrected chi connectivity index (χ1v) is 18.8. The predicted molar refractivity (Wildman–Crippen MR) is 230 cm³/mol. The second-order valence-electron chi connectivity index (χ2n) is 14.4. The van der Waals surface area contributed by atoms with Crippen molar-refractivity contribution in [2.75, 3.05) is 0 Å². The summed E-state index contributed by atoms with van der Waals surface area (Å²) in [5, 5.41) is 9.88. The number of fused-ring (bicyclic) bond motifs is 11. The van der Waals surface area contributed by atoms with Crippen molar-refractivity contribution in [3.8, 4) is 28.3 Å². The zero-order chi connectivity index (χ0) is 36.0. The van der Waals surface area contributed by atoms with Gasteiger partial charge in [-0.1, -0.05) is 97.1 Å². The van der Waals surface area contributed by atoms with Crippen LogP contribution >= 0.6 is 0 Å². The van der Waals surface area contributed by atoms with Crippen molar-refractivity contribution in [3.63, 3.8) is 0 Å². The minimum Gasteiger partial charge on any atom is -0.309 e. The fourth-order valence-electron chi connectivity index (χ4n) is 9.08. The van der Waals surface area contributed by atoms with Crippen molar-refractivity contribution in [1.29, 1.82) is 0 Å². The molecule has 0 spiro atoms.